The van der Waals surface area contributed by atoms with E-state index in [9.17, 15) is 9.90 Å². The Morgan fingerprint density at radius 2 is 1.89 bits per heavy atom. The van der Waals surface area contributed by atoms with Crippen LogP contribution in [0.1, 0.15) is 41.6 Å². The molecule has 4 heterocycles. The highest BCUT2D eigenvalue weighted by atomic mass is 16.5. The van der Waals surface area contributed by atoms with Gasteiger partial charge in [-0.3, -0.25) is 0 Å². The van der Waals surface area contributed by atoms with E-state index in [0.29, 0.717) is 23.3 Å². The normalized spacial score (nSPS) is 26.5. The molecule has 2 saturated heterocycles. The van der Waals surface area contributed by atoms with E-state index in [1.807, 2.05) is 30.3 Å². The summed E-state index contributed by atoms with van der Waals surface area (Å²) < 4.78 is 4.91. The van der Waals surface area contributed by atoms with Gasteiger partial charge in [-0.25, -0.2) is 9.78 Å². The predicted molar refractivity (Wildman–Crippen MR) is 106 cm³/mol. The molecule has 2 aliphatic rings. The van der Waals surface area contributed by atoms with Gasteiger partial charge >= 0.3 is 5.97 Å². The molecule has 144 valence electrons. The van der Waals surface area contributed by atoms with Crippen LogP contribution in [0, 0.1) is 0 Å². The summed E-state index contributed by atoms with van der Waals surface area (Å²) in [5.41, 5.74) is 3.20. The first kappa shape index (κ1) is 17.4. The van der Waals surface area contributed by atoms with Crippen LogP contribution < -0.4 is 5.32 Å². The fourth-order valence-electron chi connectivity index (χ4n) is 4.89. The van der Waals surface area contributed by atoms with Crippen molar-refractivity contribution < 1.29 is 14.6 Å². The van der Waals surface area contributed by atoms with Crippen LogP contribution in [0.2, 0.25) is 0 Å². The standard InChI is InChI=1S/C22H23N3O3/c1-28-21(26)18-12-24-20-19(18)17(8-9-23-20)13-2-4-14(5-3-13)22(27)10-15-6-7-16(11-22)25-15/h2-5,8-9,12,15-16,25,27H,6-7,10-11H2,1H3,(H,23,24). The van der Waals surface area contributed by atoms with Gasteiger partial charge in [0.15, 0.2) is 0 Å². The second kappa shape index (κ2) is 6.43. The minimum Gasteiger partial charge on any atom is -0.465 e. The molecule has 6 heteroatoms. The van der Waals surface area contributed by atoms with Crippen LogP contribution in [-0.2, 0) is 10.3 Å². The first-order valence-corrected chi connectivity index (χ1v) is 9.71. The Hall–Kier alpha value is -2.70. The van der Waals surface area contributed by atoms with E-state index in [-0.39, 0.29) is 0 Å². The van der Waals surface area contributed by atoms with Crippen molar-refractivity contribution in [2.45, 2.75) is 43.4 Å². The van der Waals surface area contributed by atoms with Crippen molar-refractivity contribution in [3.05, 3.63) is 53.9 Å². The number of carbonyl (C=O) groups excluding carboxylic acids is 1. The summed E-state index contributed by atoms with van der Waals surface area (Å²) in [5.74, 6) is -0.392. The van der Waals surface area contributed by atoms with Crippen molar-refractivity contribution in [1.82, 2.24) is 15.3 Å². The number of methoxy groups -OCH3 is 1. The van der Waals surface area contributed by atoms with Crippen molar-refractivity contribution in [2.24, 2.45) is 0 Å². The van der Waals surface area contributed by atoms with Crippen molar-refractivity contribution in [1.29, 1.82) is 0 Å². The molecule has 6 nitrogen and oxygen atoms in total. The average molecular weight is 377 g/mol. The number of ether oxygens (including phenoxy) is 1. The van der Waals surface area contributed by atoms with Crippen molar-refractivity contribution in [3.8, 4) is 11.1 Å². The molecule has 1 aromatic carbocycles. The molecule has 0 amide bonds. The summed E-state index contributed by atoms with van der Waals surface area (Å²) in [6, 6.07) is 10.8. The van der Waals surface area contributed by atoms with Gasteiger partial charge in [-0.2, -0.15) is 0 Å². The lowest BCUT2D eigenvalue weighted by atomic mass is 9.81. The number of aromatic nitrogens is 2. The van der Waals surface area contributed by atoms with Gasteiger partial charge in [-0.15, -0.1) is 0 Å². The van der Waals surface area contributed by atoms with E-state index in [1.165, 1.54) is 7.11 Å². The number of piperidine rings is 1. The fourth-order valence-corrected chi connectivity index (χ4v) is 4.89. The summed E-state index contributed by atoms with van der Waals surface area (Å²) >= 11 is 0. The number of rotatable bonds is 3. The third-order valence-electron chi connectivity index (χ3n) is 6.22. The molecule has 0 aliphatic carbocycles. The van der Waals surface area contributed by atoms with Crippen LogP contribution in [0.4, 0.5) is 0 Å². The van der Waals surface area contributed by atoms with Gasteiger partial charge in [0.2, 0.25) is 0 Å². The van der Waals surface area contributed by atoms with E-state index in [4.69, 9.17) is 4.74 Å². The SMILES string of the molecule is COC(=O)c1c[nH]c2nccc(-c3ccc(C4(O)CC5CCC(C4)N5)cc3)c12. The van der Waals surface area contributed by atoms with Crippen LogP contribution in [0.15, 0.2) is 42.7 Å². The van der Waals surface area contributed by atoms with E-state index >= 15 is 0 Å². The van der Waals surface area contributed by atoms with Crippen molar-refractivity contribution in [3.63, 3.8) is 0 Å². The molecule has 0 spiro atoms. The van der Waals surface area contributed by atoms with Crippen LogP contribution in [0.3, 0.4) is 0 Å². The fraction of sp³-hybridized carbons (Fsp3) is 0.364. The largest absolute Gasteiger partial charge is 0.465 e. The number of nitrogens with one attached hydrogen (secondary N) is 2. The summed E-state index contributed by atoms with van der Waals surface area (Å²) in [5, 5.41) is 15.6. The second-order valence-electron chi connectivity index (χ2n) is 7.93. The molecule has 2 aromatic heterocycles. The molecule has 2 unspecified atom stereocenters. The quantitative estimate of drug-likeness (QED) is 0.611. The third-order valence-corrected chi connectivity index (χ3v) is 6.22. The van der Waals surface area contributed by atoms with Crippen molar-refractivity contribution >= 4 is 17.0 Å². The molecule has 3 aromatic rings. The number of benzene rings is 1. The predicted octanol–water partition coefficient (Wildman–Crippen LogP) is 3.12. The zero-order valence-electron chi connectivity index (χ0n) is 15.7. The molecule has 3 N–H and O–H groups in total. The molecule has 0 radical (unpaired) electrons. The number of nitrogens with zero attached hydrogens (tertiary/aromatic N) is 1. The van der Waals surface area contributed by atoms with Crippen LogP contribution in [-0.4, -0.2) is 40.2 Å². The molecule has 2 bridgehead atoms. The van der Waals surface area contributed by atoms with E-state index < -0.39 is 11.6 Å². The lowest BCUT2D eigenvalue weighted by molar-refractivity contribution is -0.0114. The van der Waals surface area contributed by atoms with Crippen LogP contribution >= 0.6 is 0 Å². The summed E-state index contributed by atoms with van der Waals surface area (Å²) in [6.45, 7) is 0. The lowest BCUT2D eigenvalue weighted by Crippen LogP contribution is -2.46. The number of hydrogen-bond donors (Lipinski definition) is 3. The first-order valence-electron chi connectivity index (χ1n) is 9.71. The highest BCUT2D eigenvalue weighted by molar-refractivity contribution is 6.09. The molecule has 2 atom stereocenters. The van der Waals surface area contributed by atoms with E-state index in [0.717, 1.165) is 47.8 Å². The van der Waals surface area contributed by atoms with Gasteiger partial charge in [-0.1, -0.05) is 24.3 Å². The van der Waals surface area contributed by atoms with Gasteiger partial charge in [0.25, 0.3) is 0 Å². The summed E-state index contributed by atoms with van der Waals surface area (Å²) in [6.07, 6.45) is 7.16. The Labute approximate surface area is 162 Å². The summed E-state index contributed by atoms with van der Waals surface area (Å²) in [7, 11) is 1.37. The summed E-state index contributed by atoms with van der Waals surface area (Å²) in [4.78, 5) is 19.5. The second-order valence-corrected chi connectivity index (χ2v) is 7.93. The van der Waals surface area contributed by atoms with E-state index in [1.54, 1.807) is 12.4 Å². The molecule has 2 aliphatic heterocycles. The van der Waals surface area contributed by atoms with Crippen molar-refractivity contribution in [2.75, 3.05) is 7.11 Å². The Kier molecular flexibility index (Phi) is 4.00. The maximum absolute atomic E-state index is 12.1. The number of carbonyl (C=O) groups is 1. The lowest BCUT2D eigenvalue weighted by Gasteiger charge is -2.37. The Morgan fingerprint density at radius 1 is 1.18 bits per heavy atom. The van der Waals surface area contributed by atoms with E-state index in [2.05, 4.69) is 15.3 Å². The molecular formula is C22H23N3O3. The topological polar surface area (TPSA) is 87.2 Å². The third kappa shape index (κ3) is 2.72. The number of H-pyrrole nitrogens is 1. The molecule has 28 heavy (non-hydrogen) atoms. The highest BCUT2D eigenvalue weighted by Gasteiger charge is 2.43. The first-order chi connectivity index (χ1) is 13.6. The molecular weight excluding hydrogens is 354 g/mol. The zero-order valence-corrected chi connectivity index (χ0v) is 15.7. The molecule has 2 fully saturated rings. The minimum absolute atomic E-state index is 0.392. The highest BCUT2D eigenvalue weighted by Crippen LogP contribution is 2.41. The average Bonchev–Trinajstić information content (AvgIpc) is 3.30. The smallest absolute Gasteiger partial charge is 0.340 e. The minimum atomic E-state index is -0.769. The van der Waals surface area contributed by atoms with Gasteiger partial charge in [0.1, 0.15) is 5.65 Å². The Balaban J connectivity index is 1.53. The zero-order chi connectivity index (χ0) is 19.3. The number of aliphatic hydroxyl groups is 1. The maximum Gasteiger partial charge on any atom is 0.340 e. The number of aromatic amines is 1. The number of pyridine rings is 1. The van der Waals surface area contributed by atoms with Gasteiger partial charge in [-0.05, 0) is 48.4 Å². The van der Waals surface area contributed by atoms with Crippen LogP contribution in [0.5, 0.6) is 0 Å². The Morgan fingerprint density at radius 3 is 2.57 bits per heavy atom. The maximum atomic E-state index is 12.1. The number of hydrogen-bond acceptors (Lipinski definition) is 5. The Bertz CT molecular complexity index is 1030. The van der Waals surface area contributed by atoms with Crippen LogP contribution in [0.25, 0.3) is 22.2 Å². The van der Waals surface area contributed by atoms with Gasteiger partial charge in [0, 0.05) is 29.9 Å². The molecule has 0 saturated carbocycles. The van der Waals surface area contributed by atoms with Gasteiger partial charge in [0.05, 0.1) is 18.3 Å². The number of esters is 1. The molecule has 5 rings (SSSR count). The number of fused-ring (bicyclic) bond motifs is 3. The van der Waals surface area contributed by atoms with Gasteiger partial charge < -0.3 is 20.1 Å². The monoisotopic (exact) mass is 377 g/mol.